The average molecular weight is 268 g/mol. The minimum Gasteiger partial charge on any atom is -0.378 e. The number of carbonyl (C=O) groups is 1. The van der Waals surface area contributed by atoms with Crippen LogP contribution in [-0.4, -0.2) is 42.6 Å². The number of ether oxygens (including phenoxy) is 1. The number of rotatable bonds is 3. The molecule has 0 bridgehead atoms. The van der Waals surface area contributed by atoms with Crippen molar-refractivity contribution < 1.29 is 9.53 Å². The van der Waals surface area contributed by atoms with Crippen LogP contribution in [0.3, 0.4) is 0 Å². The molecule has 0 aromatic heterocycles. The predicted octanol–water partition coefficient (Wildman–Crippen LogP) is 1.78. The lowest BCUT2D eigenvalue weighted by atomic mass is 9.76. The molecule has 2 fully saturated rings. The molecule has 1 saturated heterocycles. The summed E-state index contributed by atoms with van der Waals surface area (Å²) in [4.78, 5) is 14.7. The smallest absolute Gasteiger partial charge is 0.227 e. The molecule has 19 heavy (non-hydrogen) atoms. The second kappa shape index (κ2) is 6.71. The van der Waals surface area contributed by atoms with Crippen molar-refractivity contribution in [1.29, 1.82) is 0 Å². The third-order valence-corrected chi connectivity index (χ3v) is 4.71. The summed E-state index contributed by atoms with van der Waals surface area (Å²) in [6, 6.07) is 0.0564. The molecule has 2 rings (SSSR count). The summed E-state index contributed by atoms with van der Waals surface area (Å²) in [6.45, 7) is 6.64. The van der Waals surface area contributed by atoms with Gasteiger partial charge in [0.2, 0.25) is 5.91 Å². The van der Waals surface area contributed by atoms with E-state index in [1.165, 1.54) is 6.42 Å². The monoisotopic (exact) mass is 268 g/mol. The lowest BCUT2D eigenvalue weighted by Crippen LogP contribution is -2.51. The molecule has 2 aliphatic rings. The zero-order chi connectivity index (χ0) is 13.8. The van der Waals surface area contributed by atoms with Gasteiger partial charge in [-0.3, -0.25) is 4.79 Å². The van der Waals surface area contributed by atoms with Crippen LogP contribution >= 0.6 is 0 Å². The second-order valence-electron chi connectivity index (χ2n) is 6.08. The molecule has 4 heteroatoms. The normalized spacial score (nSPS) is 33.4. The fourth-order valence-electron chi connectivity index (χ4n) is 3.57. The Hall–Kier alpha value is -0.610. The summed E-state index contributed by atoms with van der Waals surface area (Å²) in [5.74, 6) is 0.757. The Morgan fingerprint density at radius 1 is 1.26 bits per heavy atom. The van der Waals surface area contributed by atoms with E-state index in [1.54, 1.807) is 0 Å². The van der Waals surface area contributed by atoms with Crippen LogP contribution in [0.5, 0.6) is 0 Å². The molecule has 1 saturated carbocycles. The predicted molar refractivity (Wildman–Crippen MR) is 75.7 cm³/mol. The molecule has 1 amide bonds. The maximum atomic E-state index is 12.6. The molecule has 1 aliphatic heterocycles. The van der Waals surface area contributed by atoms with Crippen molar-refractivity contribution in [3.8, 4) is 0 Å². The highest BCUT2D eigenvalue weighted by Crippen LogP contribution is 2.31. The Morgan fingerprint density at radius 3 is 2.53 bits per heavy atom. The molecule has 4 nitrogen and oxygen atoms in total. The van der Waals surface area contributed by atoms with E-state index in [2.05, 4.69) is 6.92 Å². The zero-order valence-electron chi connectivity index (χ0n) is 12.3. The molecule has 2 N–H and O–H groups in total. The van der Waals surface area contributed by atoms with E-state index >= 15 is 0 Å². The van der Waals surface area contributed by atoms with Crippen molar-refractivity contribution >= 4 is 5.91 Å². The van der Waals surface area contributed by atoms with Gasteiger partial charge in [-0.1, -0.05) is 13.3 Å². The second-order valence-corrected chi connectivity index (χ2v) is 6.08. The minimum atomic E-state index is 0.0393. The maximum absolute atomic E-state index is 12.6. The third kappa shape index (κ3) is 3.48. The molecule has 0 aromatic rings. The van der Waals surface area contributed by atoms with Crippen molar-refractivity contribution in [1.82, 2.24) is 4.90 Å². The van der Waals surface area contributed by atoms with Gasteiger partial charge in [0.15, 0.2) is 0 Å². The van der Waals surface area contributed by atoms with E-state index in [4.69, 9.17) is 10.5 Å². The van der Waals surface area contributed by atoms with Crippen LogP contribution in [0, 0.1) is 11.8 Å². The lowest BCUT2D eigenvalue weighted by Gasteiger charge is -2.39. The van der Waals surface area contributed by atoms with Crippen molar-refractivity contribution in [3.63, 3.8) is 0 Å². The number of piperidine rings is 1. The highest BCUT2D eigenvalue weighted by atomic mass is 16.5. The number of likely N-dealkylation sites (tertiary alicyclic amines) is 1. The SMILES string of the molecule is CCOC1CCN(C(=O)C2C(C)CCCC2N)CC1. The first-order valence-electron chi connectivity index (χ1n) is 7.79. The van der Waals surface area contributed by atoms with E-state index in [1.807, 2.05) is 11.8 Å². The van der Waals surface area contributed by atoms with Gasteiger partial charge in [-0.05, 0) is 38.5 Å². The topological polar surface area (TPSA) is 55.6 Å². The van der Waals surface area contributed by atoms with Crippen molar-refractivity contribution in [2.75, 3.05) is 19.7 Å². The van der Waals surface area contributed by atoms with Gasteiger partial charge >= 0.3 is 0 Å². The van der Waals surface area contributed by atoms with E-state index < -0.39 is 0 Å². The highest BCUT2D eigenvalue weighted by Gasteiger charge is 2.37. The standard InChI is InChI=1S/C15H28N2O2/c1-3-19-12-7-9-17(10-8-12)15(18)14-11(2)5-4-6-13(14)16/h11-14H,3-10,16H2,1-2H3. The maximum Gasteiger partial charge on any atom is 0.227 e. The summed E-state index contributed by atoms with van der Waals surface area (Å²) in [6.07, 6.45) is 5.58. The zero-order valence-corrected chi connectivity index (χ0v) is 12.3. The van der Waals surface area contributed by atoms with Gasteiger partial charge in [0, 0.05) is 25.7 Å². The van der Waals surface area contributed by atoms with Crippen LogP contribution in [0.4, 0.5) is 0 Å². The number of amides is 1. The molecule has 0 radical (unpaired) electrons. The number of hydrogen-bond donors (Lipinski definition) is 1. The molecular weight excluding hydrogens is 240 g/mol. The fourth-order valence-corrected chi connectivity index (χ4v) is 3.57. The lowest BCUT2D eigenvalue weighted by molar-refractivity contribution is -0.141. The largest absolute Gasteiger partial charge is 0.378 e. The van der Waals surface area contributed by atoms with Crippen molar-refractivity contribution in [2.45, 2.75) is 58.1 Å². The van der Waals surface area contributed by atoms with Gasteiger partial charge in [-0.2, -0.15) is 0 Å². The quantitative estimate of drug-likeness (QED) is 0.849. The summed E-state index contributed by atoms with van der Waals surface area (Å²) >= 11 is 0. The molecule has 1 aliphatic carbocycles. The summed E-state index contributed by atoms with van der Waals surface area (Å²) in [5.41, 5.74) is 6.18. The van der Waals surface area contributed by atoms with E-state index in [0.717, 1.165) is 45.4 Å². The van der Waals surface area contributed by atoms with Crippen LogP contribution in [-0.2, 0) is 9.53 Å². The number of carbonyl (C=O) groups excluding carboxylic acids is 1. The minimum absolute atomic E-state index is 0.0393. The molecule has 1 heterocycles. The van der Waals surface area contributed by atoms with Crippen molar-refractivity contribution in [3.05, 3.63) is 0 Å². The summed E-state index contributed by atoms with van der Waals surface area (Å²) in [7, 11) is 0. The Kier molecular flexibility index (Phi) is 5.22. The van der Waals surface area contributed by atoms with Gasteiger partial charge in [0.25, 0.3) is 0 Å². The highest BCUT2D eigenvalue weighted by molar-refractivity contribution is 5.80. The first kappa shape index (κ1) is 14.8. The number of hydrogen-bond acceptors (Lipinski definition) is 3. The van der Waals surface area contributed by atoms with Crippen LogP contribution in [0.1, 0.15) is 46.0 Å². The Morgan fingerprint density at radius 2 is 1.95 bits per heavy atom. The molecule has 3 atom stereocenters. The first-order valence-corrected chi connectivity index (χ1v) is 7.79. The Labute approximate surface area is 116 Å². The van der Waals surface area contributed by atoms with Gasteiger partial charge in [-0.15, -0.1) is 0 Å². The average Bonchev–Trinajstić information content (AvgIpc) is 2.39. The number of nitrogens with two attached hydrogens (primary N) is 1. The Bertz CT molecular complexity index is 291. The number of nitrogens with zero attached hydrogens (tertiary/aromatic N) is 1. The van der Waals surface area contributed by atoms with E-state index in [0.29, 0.717) is 12.0 Å². The van der Waals surface area contributed by atoms with Crippen LogP contribution < -0.4 is 5.73 Å². The molecular formula is C15H28N2O2. The summed E-state index contributed by atoms with van der Waals surface area (Å²) < 4.78 is 5.64. The Balaban J connectivity index is 1.89. The molecule has 0 spiro atoms. The van der Waals surface area contributed by atoms with Crippen LogP contribution in [0.2, 0.25) is 0 Å². The third-order valence-electron chi connectivity index (χ3n) is 4.71. The molecule has 3 unspecified atom stereocenters. The van der Waals surface area contributed by atoms with Gasteiger partial charge < -0.3 is 15.4 Å². The van der Waals surface area contributed by atoms with Gasteiger partial charge in [0.05, 0.1) is 12.0 Å². The van der Waals surface area contributed by atoms with Gasteiger partial charge in [-0.25, -0.2) is 0 Å². The van der Waals surface area contributed by atoms with Crippen LogP contribution in [0.15, 0.2) is 0 Å². The van der Waals surface area contributed by atoms with E-state index in [-0.39, 0.29) is 17.9 Å². The first-order chi connectivity index (χ1) is 9.13. The van der Waals surface area contributed by atoms with Crippen molar-refractivity contribution in [2.24, 2.45) is 17.6 Å². The van der Waals surface area contributed by atoms with Gasteiger partial charge in [0.1, 0.15) is 0 Å². The van der Waals surface area contributed by atoms with E-state index in [9.17, 15) is 4.79 Å². The molecule has 110 valence electrons. The summed E-state index contributed by atoms with van der Waals surface area (Å²) in [5, 5.41) is 0. The molecule has 0 aromatic carbocycles. The van der Waals surface area contributed by atoms with Crippen LogP contribution in [0.25, 0.3) is 0 Å². The fraction of sp³-hybridized carbons (Fsp3) is 0.933.